The lowest BCUT2D eigenvalue weighted by Crippen LogP contribution is -2.40. The van der Waals surface area contributed by atoms with Gasteiger partial charge < -0.3 is 14.6 Å². The molecule has 1 saturated heterocycles. The van der Waals surface area contributed by atoms with E-state index >= 15 is 0 Å². The molecule has 0 aromatic heterocycles. The van der Waals surface area contributed by atoms with Gasteiger partial charge in [-0.3, -0.25) is 9.69 Å². The second-order valence-corrected chi connectivity index (χ2v) is 5.79. The number of carbonyl (C=O) groups is 2. The van der Waals surface area contributed by atoms with E-state index in [9.17, 15) is 14.7 Å². The van der Waals surface area contributed by atoms with Crippen molar-refractivity contribution in [1.82, 2.24) is 4.90 Å². The normalized spacial score (nSPS) is 16.6. The van der Waals surface area contributed by atoms with Gasteiger partial charge in [0.2, 0.25) is 0 Å². The molecule has 0 atom stereocenters. The standard InChI is InChI=1S/C14H13NO4S2/c1-2-19-10-6-4-3-5-9(10)7-11-13(18)15(8-12(16)17)14(20)21-11/h3-7H,2,8H2,1H3,(H,16,17)/p-1/b11-7+. The summed E-state index contributed by atoms with van der Waals surface area (Å²) in [5, 5.41) is 10.6. The molecule has 1 amide bonds. The van der Waals surface area contributed by atoms with Gasteiger partial charge in [-0.1, -0.05) is 42.2 Å². The molecule has 0 spiro atoms. The van der Waals surface area contributed by atoms with E-state index in [0.717, 1.165) is 22.2 Å². The van der Waals surface area contributed by atoms with E-state index in [2.05, 4.69) is 0 Å². The Labute approximate surface area is 131 Å². The largest absolute Gasteiger partial charge is 0.548 e. The highest BCUT2D eigenvalue weighted by Crippen LogP contribution is 2.33. The lowest BCUT2D eigenvalue weighted by molar-refractivity contribution is -0.305. The van der Waals surface area contributed by atoms with Crippen molar-refractivity contribution in [2.24, 2.45) is 0 Å². The average Bonchev–Trinajstić information content (AvgIpc) is 2.69. The first-order chi connectivity index (χ1) is 10.0. The third kappa shape index (κ3) is 3.62. The number of hydrogen-bond acceptors (Lipinski definition) is 6. The van der Waals surface area contributed by atoms with Crippen molar-refractivity contribution in [2.45, 2.75) is 6.92 Å². The molecule has 1 aliphatic rings. The third-order valence-corrected chi connectivity index (χ3v) is 4.04. The van der Waals surface area contributed by atoms with Gasteiger partial charge in [-0.05, 0) is 19.1 Å². The first kappa shape index (κ1) is 15.5. The number of benzene rings is 1. The maximum Gasteiger partial charge on any atom is 0.266 e. The van der Waals surface area contributed by atoms with Crippen LogP contribution in [-0.4, -0.2) is 34.2 Å². The molecule has 1 aromatic rings. The van der Waals surface area contributed by atoms with E-state index in [1.165, 1.54) is 0 Å². The zero-order valence-electron chi connectivity index (χ0n) is 11.2. The number of amides is 1. The number of carboxylic acids is 1. The molecule has 0 aliphatic carbocycles. The van der Waals surface area contributed by atoms with E-state index in [-0.39, 0.29) is 4.32 Å². The van der Waals surface area contributed by atoms with Gasteiger partial charge in [-0.15, -0.1) is 0 Å². The Bertz CT molecular complexity index is 627. The Morgan fingerprint density at radius 2 is 2.19 bits per heavy atom. The van der Waals surface area contributed by atoms with Gasteiger partial charge in [0.05, 0.1) is 24.0 Å². The Morgan fingerprint density at radius 1 is 1.48 bits per heavy atom. The fraction of sp³-hybridized carbons (Fsp3) is 0.214. The topological polar surface area (TPSA) is 69.7 Å². The van der Waals surface area contributed by atoms with Crippen molar-refractivity contribution in [3.8, 4) is 5.75 Å². The second-order valence-electron chi connectivity index (χ2n) is 4.11. The van der Waals surface area contributed by atoms with Crippen molar-refractivity contribution < 1.29 is 19.4 Å². The zero-order chi connectivity index (χ0) is 15.4. The molecule has 110 valence electrons. The number of para-hydroxylation sites is 1. The van der Waals surface area contributed by atoms with Crippen LogP contribution in [0.4, 0.5) is 0 Å². The molecule has 0 radical (unpaired) electrons. The third-order valence-electron chi connectivity index (χ3n) is 2.67. The molecule has 0 saturated carbocycles. The van der Waals surface area contributed by atoms with Crippen LogP contribution >= 0.6 is 24.0 Å². The Hall–Kier alpha value is -1.86. The predicted octanol–water partition coefficient (Wildman–Crippen LogP) is 1.04. The van der Waals surface area contributed by atoms with Crippen LogP contribution in [0.3, 0.4) is 0 Å². The molecular weight excluding hydrogens is 310 g/mol. The lowest BCUT2D eigenvalue weighted by atomic mass is 10.2. The monoisotopic (exact) mass is 322 g/mol. The number of nitrogens with zero attached hydrogens (tertiary/aromatic N) is 1. The first-order valence-corrected chi connectivity index (χ1v) is 7.42. The fourth-order valence-corrected chi connectivity index (χ4v) is 3.04. The number of rotatable bonds is 5. The summed E-state index contributed by atoms with van der Waals surface area (Å²) in [6.07, 6.45) is 1.65. The van der Waals surface area contributed by atoms with Gasteiger partial charge in [0.1, 0.15) is 10.1 Å². The minimum atomic E-state index is -1.35. The molecule has 5 nitrogen and oxygen atoms in total. The zero-order valence-corrected chi connectivity index (χ0v) is 12.8. The quantitative estimate of drug-likeness (QED) is 0.596. The summed E-state index contributed by atoms with van der Waals surface area (Å²) < 4.78 is 5.70. The summed E-state index contributed by atoms with van der Waals surface area (Å²) in [7, 11) is 0. The van der Waals surface area contributed by atoms with Crippen LogP contribution in [0.2, 0.25) is 0 Å². The van der Waals surface area contributed by atoms with Crippen LogP contribution in [0.5, 0.6) is 5.75 Å². The molecule has 0 unspecified atom stereocenters. The smallest absolute Gasteiger partial charge is 0.266 e. The van der Waals surface area contributed by atoms with E-state index in [4.69, 9.17) is 17.0 Å². The summed E-state index contributed by atoms with van der Waals surface area (Å²) in [4.78, 5) is 24.2. The summed E-state index contributed by atoms with van der Waals surface area (Å²) in [5.41, 5.74) is 0.744. The minimum Gasteiger partial charge on any atom is -0.548 e. The van der Waals surface area contributed by atoms with Crippen LogP contribution < -0.4 is 9.84 Å². The summed E-state index contributed by atoms with van der Waals surface area (Å²) in [6.45, 7) is 1.85. The van der Waals surface area contributed by atoms with E-state index < -0.39 is 18.4 Å². The van der Waals surface area contributed by atoms with Gasteiger partial charge in [-0.25, -0.2) is 0 Å². The van der Waals surface area contributed by atoms with Gasteiger partial charge in [0.25, 0.3) is 5.91 Å². The van der Waals surface area contributed by atoms with Crippen LogP contribution in [-0.2, 0) is 9.59 Å². The molecule has 1 fully saturated rings. The van der Waals surface area contributed by atoms with Gasteiger partial charge in [0.15, 0.2) is 0 Å². The number of thioether (sulfide) groups is 1. The molecular formula is C14H12NO4S2-. The maximum absolute atomic E-state index is 12.1. The number of thiocarbonyl (C=S) groups is 1. The van der Waals surface area contributed by atoms with Crippen LogP contribution in [0, 0.1) is 0 Å². The fourth-order valence-electron chi connectivity index (χ4n) is 1.79. The van der Waals surface area contributed by atoms with Crippen LogP contribution in [0.15, 0.2) is 29.2 Å². The molecule has 1 heterocycles. The number of ether oxygens (including phenoxy) is 1. The molecule has 2 rings (SSSR count). The van der Waals surface area contributed by atoms with Crippen molar-refractivity contribution in [3.05, 3.63) is 34.7 Å². The summed E-state index contributed by atoms with van der Waals surface area (Å²) in [6, 6.07) is 7.29. The summed E-state index contributed by atoms with van der Waals surface area (Å²) in [5.74, 6) is -1.12. The molecule has 0 bridgehead atoms. The predicted molar refractivity (Wildman–Crippen MR) is 82.5 cm³/mol. The highest BCUT2D eigenvalue weighted by molar-refractivity contribution is 8.26. The molecule has 21 heavy (non-hydrogen) atoms. The van der Waals surface area contributed by atoms with Crippen molar-refractivity contribution >= 4 is 46.3 Å². The Morgan fingerprint density at radius 3 is 2.86 bits per heavy atom. The first-order valence-electron chi connectivity index (χ1n) is 6.20. The number of carboxylic acid groups (broad SMARTS) is 1. The second kappa shape index (κ2) is 6.73. The van der Waals surface area contributed by atoms with E-state index in [1.54, 1.807) is 12.1 Å². The average molecular weight is 322 g/mol. The molecule has 0 N–H and O–H groups in total. The summed E-state index contributed by atoms with van der Waals surface area (Å²) >= 11 is 6.09. The maximum atomic E-state index is 12.1. The molecule has 1 aliphatic heterocycles. The molecule has 1 aromatic carbocycles. The Balaban J connectivity index is 2.28. The van der Waals surface area contributed by atoms with E-state index in [0.29, 0.717) is 17.3 Å². The number of aliphatic carboxylic acids is 1. The van der Waals surface area contributed by atoms with Crippen molar-refractivity contribution in [3.63, 3.8) is 0 Å². The van der Waals surface area contributed by atoms with Crippen LogP contribution in [0.1, 0.15) is 12.5 Å². The van der Waals surface area contributed by atoms with Gasteiger partial charge in [0, 0.05) is 5.56 Å². The van der Waals surface area contributed by atoms with Crippen molar-refractivity contribution in [1.29, 1.82) is 0 Å². The van der Waals surface area contributed by atoms with E-state index in [1.807, 2.05) is 25.1 Å². The minimum absolute atomic E-state index is 0.212. The Kier molecular flexibility index (Phi) is 4.98. The SMILES string of the molecule is CCOc1ccccc1/C=C1/SC(=S)N(CC(=O)[O-])C1=O. The highest BCUT2D eigenvalue weighted by atomic mass is 32.2. The number of carbonyl (C=O) groups excluding carboxylic acids is 2. The number of hydrogen-bond donors (Lipinski definition) is 0. The van der Waals surface area contributed by atoms with Crippen molar-refractivity contribution in [2.75, 3.05) is 13.2 Å². The van der Waals surface area contributed by atoms with Gasteiger partial charge in [-0.2, -0.15) is 0 Å². The van der Waals surface area contributed by atoms with Crippen LogP contribution in [0.25, 0.3) is 6.08 Å². The lowest BCUT2D eigenvalue weighted by Gasteiger charge is -2.14. The highest BCUT2D eigenvalue weighted by Gasteiger charge is 2.32. The molecule has 7 heteroatoms. The van der Waals surface area contributed by atoms with Gasteiger partial charge >= 0.3 is 0 Å².